The maximum atomic E-state index is 12.8. The van der Waals surface area contributed by atoms with Gasteiger partial charge in [-0.25, -0.2) is 8.42 Å². The topological polar surface area (TPSA) is 66.5 Å². The van der Waals surface area contributed by atoms with Crippen molar-refractivity contribution in [1.29, 1.82) is 0 Å². The average Bonchev–Trinajstić information content (AvgIpc) is 3.26. The summed E-state index contributed by atoms with van der Waals surface area (Å²) in [6, 6.07) is 11.3. The Morgan fingerprint density at radius 1 is 0.897 bits per heavy atom. The maximum Gasteiger partial charge on any atom is 0.252 e. The second kappa shape index (κ2) is 8.98. The van der Waals surface area contributed by atoms with E-state index in [1.807, 2.05) is 30.3 Å². The van der Waals surface area contributed by atoms with Crippen LogP contribution in [0.25, 0.3) is 10.4 Å². The van der Waals surface area contributed by atoms with E-state index in [2.05, 4.69) is 5.32 Å². The fourth-order valence-corrected chi connectivity index (χ4v) is 7.13. The minimum atomic E-state index is -3.40. The first-order valence-corrected chi connectivity index (χ1v) is 12.8. The molecule has 156 valence electrons. The van der Waals surface area contributed by atoms with Crippen molar-refractivity contribution < 1.29 is 13.2 Å². The van der Waals surface area contributed by atoms with E-state index >= 15 is 0 Å². The van der Waals surface area contributed by atoms with Crippen LogP contribution in [0.4, 0.5) is 0 Å². The monoisotopic (exact) mass is 432 g/mol. The Balaban J connectivity index is 1.45. The highest BCUT2D eigenvalue weighted by Gasteiger charge is 2.27. The standard InChI is InChI=1S/C22H28N2O3S2/c25-22(23-19-7-3-1-4-8-19)18-11-9-17(10-12-18)20-13-14-21(28-20)29(26,27)24-15-5-2-6-16-24/h9-14,19H,1-8,15-16H2,(H,23,25). The minimum absolute atomic E-state index is 0.0250. The van der Waals surface area contributed by atoms with Crippen LogP contribution in [0.3, 0.4) is 0 Å². The van der Waals surface area contributed by atoms with Crippen LogP contribution in [0, 0.1) is 0 Å². The molecule has 2 heterocycles. The van der Waals surface area contributed by atoms with Gasteiger partial charge in [0.1, 0.15) is 4.21 Å². The minimum Gasteiger partial charge on any atom is -0.349 e. The van der Waals surface area contributed by atoms with Gasteiger partial charge >= 0.3 is 0 Å². The van der Waals surface area contributed by atoms with Gasteiger partial charge in [0.2, 0.25) is 0 Å². The van der Waals surface area contributed by atoms with Crippen LogP contribution < -0.4 is 5.32 Å². The lowest BCUT2D eigenvalue weighted by Gasteiger charge is -2.25. The van der Waals surface area contributed by atoms with E-state index < -0.39 is 10.0 Å². The summed E-state index contributed by atoms with van der Waals surface area (Å²) in [5, 5.41) is 3.13. The maximum absolute atomic E-state index is 12.8. The number of nitrogens with one attached hydrogen (secondary N) is 1. The van der Waals surface area contributed by atoms with E-state index in [-0.39, 0.29) is 11.9 Å². The summed E-state index contributed by atoms with van der Waals surface area (Å²) in [5.41, 5.74) is 1.58. The molecule has 0 radical (unpaired) electrons. The number of amides is 1. The number of carbonyl (C=O) groups excluding carboxylic acids is 1. The average molecular weight is 433 g/mol. The summed E-state index contributed by atoms with van der Waals surface area (Å²) in [6.45, 7) is 1.22. The SMILES string of the molecule is O=C(NC1CCCCC1)c1ccc(-c2ccc(S(=O)(=O)N3CCCCC3)s2)cc1. The Morgan fingerprint density at radius 2 is 1.55 bits per heavy atom. The zero-order valence-corrected chi connectivity index (χ0v) is 18.2. The zero-order chi connectivity index (χ0) is 20.3. The van der Waals surface area contributed by atoms with Gasteiger partial charge in [-0.15, -0.1) is 11.3 Å². The number of rotatable bonds is 5. The quantitative estimate of drug-likeness (QED) is 0.748. The van der Waals surface area contributed by atoms with Crippen molar-refractivity contribution in [2.75, 3.05) is 13.1 Å². The highest BCUT2D eigenvalue weighted by atomic mass is 32.2. The molecule has 1 amide bonds. The van der Waals surface area contributed by atoms with E-state index in [1.54, 1.807) is 10.4 Å². The molecule has 1 aliphatic heterocycles. The molecule has 0 bridgehead atoms. The molecule has 1 aromatic heterocycles. The largest absolute Gasteiger partial charge is 0.349 e. The summed E-state index contributed by atoms with van der Waals surface area (Å²) in [6.07, 6.45) is 8.72. The second-order valence-corrected chi connectivity index (χ2v) is 11.2. The Bertz CT molecular complexity index is 939. The Hall–Kier alpha value is -1.70. The van der Waals surface area contributed by atoms with Gasteiger partial charge in [0.05, 0.1) is 0 Å². The molecule has 2 fully saturated rings. The molecule has 2 aromatic rings. The zero-order valence-electron chi connectivity index (χ0n) is 16.6. The van der Waals surface area contributed by atoms with Crippen molar-refractivity contribution >= 4 is 27.3 Å². The Labute approximate surface area is 177 Å². The van der Waals surface area contributed by atoms with Crippen LogP contribution in [0.5, 0.6) is 0 Å². The fourth-order valence-electron chi connectivity index (χ4n) is 4.15. The fraction of sp³-hybridized carbons (Fsp3) is 0.500. The normalized spacial score (nSPS) is 19.2. The van der Waals surface area contributed by atoms with Crippen molar-refractivity contribution in [2.45, 2.75) is 61.6 Å². The molecule has 7 heteroatoms. The molecule has 1 N–H and O–H groups in total. The first-order chi connectivity index (χ1) is 14.0. The van der Waals surface area contributed by atoms with Crippen LogP contribution in [0.1, 0.15) is 61.7 Å². The van der Waals surface area contributed by atoms with Gasteiger partial charge < -0.3 is 5.32 Å². The third kappa shape index (κ3) is 4.73. The molecule has 0 unspecified atom stereocenters. The summed E-state index contributed by atoms with van der Waals surface area (Å²) >= 11 is 1.30. The van der Waals surface area contributed by atoms with Crippen molar-refractivity contribution in [1.82, 2.24) is 9.62 Å². The van der Waals surface area contributed by atoms with Crippen LogP contribution >= 0.6 is 11.3 Å². The van der Waals surface area contributed by atoms with Crippen LogP contribution in [0.2, 0.25) is 0 Å². The van der Waals surface area contributed by atoms with E-state index in [1.165, 1.54) is 30.6 Å². The van der Waals surface area contributed by atoms with Crippen LogP contribution in [0.15, 0.2) is 40.6 Å². The van der Waals surface area contributed by atoms with E-state index in [0.29, 0.717) is 22.9 Å². The third-order valence-electron chi connectivity index (χ3n) is 5.86. The third-order valence-corrected chi connectivity index (χ3v) is 9.36. The number of hydrogen-bond donors (Lipinski definition) is 1. The van der Waals surface area contributed by atoms with E-state index in [0.717, 1.165) is 42.5 Å². The summed E-state index contributed by atoms with van der Waals surface area (Å²) in [5.74, 6) is -0.0250. The second-order valence-electron chi connectivity index (χ2n) is 7.97. The number of benzene rings is 1. The molecule has 1 saturated carbocycles. The number of carbonyl (C=O) groups is 1. The first-order valence-electron chi connectivity index (χ1n) is 10.6. The number of piperidine rings is 1. The summed E-state index contributed by atoms with van der Waals surface area (Å²) in [4.78, 5) is 13.4. The predicted octanol–water partition coefficient (Wildman–Crippen LogP) is 4.65. The van der Waals surface area contributed by atoms with Crippen molar-refractivity contribution in [3.05, 3.63) is 42.0 Å². The number of thiophene rings is 1. The molecule has 4 rings (SSSR count). The Kier molecular flexibility index (Phi) is 6.37. The molecule has 29 heavy (non-hydrogen) atoms. The molecule has 1 aliphatic carbocycles. The van der Waals surface area contributed by atoms with Crippen LogP contribution in [-0.4, -0.2) is 37.8 Å². The highest BCUT2D eigenvalue weighted by molar-refractivity contribution is 7.91. The molecule has 1 saturated heterocycles. The molecule has 2 aliphatic rings. The van der Waals surface area contributed by atoms with Gasteiger partial charge in [-0.2, -0.15) is 4.31 Å². The van der Waals surface area contributed by atoms with Gasteiger partial charge in [0.15, 0.2) is 0 Å². The van der Waals surface area contributed by atoms with E-state index in [9.17, 15) is 13.2 Å². The van der Waals surface area contributed by atoms with Crippen molar-refractivity contribution in [2.24, 2.45) is 0 Å². The molecule has 0 spiro atoms. The van der Waals surface area contributed by atoms with Gasteiger partial charge in [-0.3, -0.25) is 4.79 Å². The molecular formula is C22H28N2O3S2. The van der Waals surface area contributed by atoms with Gasteiger partial charge in [-0.1, -0.05) is 37.8 Å². The van der Waals surface area contributed by atoms with Gasteiger partial charge in [0, 0.05) is 29.6 Å². The number of hydrogen-bond acceptors (Lipinski definition) is 4. The summed E-state index contributed by atoms with van der Waals surface area (Å²) in [7, 11) is -3.40. The smallest absolute Gasteiger partial charge is 0.252 e. The van der Waals surface area contributed by atoms with Crippen LogP contribution in [-0.2, 0) is 10.0 Å². The first kappa shape index (κ1) is 20.6. The Morgan fingerprint density at radius 3 is 2.24 bits per heavy atom. The number of nitrogens with zero attached hydrogens (tertiary/aromatic N) is 1. The lowest BCUT2D eigenvalue weighted by atomic mass is 9.95. The summed E-state index contributed by atoms with van der Waals surface area (Å²) < 4.78 is 27.7. The lowest BCUT2D eigenvalue weighted by molar-refractivity contribution is 0.0927. The van der Waals surface area contributed by atoms with Crippen molar-refractivity contribution in [3.8, 4) is 10.4 Å². The number of sulfonamides is 1. The van der Waals surface area contributed by atoms with Gasteiger partial charge in [-0.05, 0) is 55.5 Å². The predicted molar refractivity (Wildman–Crippen MR) is 117 cm³/mol. The van der Waals surface area contributed by atoms with E-state index in [4.69, 9.17) is 0 Å². The molecule has 1 aromatic carbocycles. The molecular weight excluding hydrogens is 404 g/mol. The molecule has 5 nitrogen and oxygen atoms in total. The highest BCUT2D eigenvalue weighted by Crippen LogP contribution is 2.33. The van der Waals surface area contributed by atoms with Gasteiger partial charge in [0.25, 0.3) is 15.9 Å². The molecule has 0 atom stereocenters. The van der Waals surface area contributed by atoms with Crippen molar-refractivity contribution in [3.63, 3.8) is 0 Å². The lowest BCUT2D eigenvalue weighted by Crippen LogP contribution is -2.36.